The largest absolute Gasteiger partial charge is 0.508 e. The molecule has 0 bridgehead atoms. The highest BCUT2D eigenvalue weighted by Gasteiger charge is 2.58. The lowest BCUT2D eigenvalue weighted by atomic mass is 9.83. The quantitative estimate of drug-likeness (QED) is 0.744. The predicted molar refractivity (Wildman–Crippen MR) is 122 cm³/mol. The Hall–Kier alpha value is -2.79. The summed E-state index contributed by atoms with van der Waals surface area (Å²) < 4.78 is 0. The van der Waals surface area contributed by atoms with E-state index in [-0.39, 0.29) is 17.6 Å². The minimum absolute atomic E-state index is 0.130. The molecule has 0 spiro atoms. The highest BCUT2D eigenvalue weighted by molar-refractivity contribution is 5.93. The van der Waals surface area contributed by atoms with E-state index in [2.05, 4.69) is 28.9 Å². The van der Waals surface area contributed by atoms with Crippen LogP contribution in [0.25, 0.3) is 11.1 Å². The summed E-state index contributed by atoms with van der Waals surface area (Å²) in [6, 6.07) is 15.4. The molecule has 5 nitrogen and oxygen atoms in total. The third-order valence-corrected chi connectivity index (χ3v) is 7.03. The Balaban J connectivity index is 1.43. The van der Waals surface area contributed by atoms with Gasteiger partial charge in [-0.3, -0.25) is 9.69 Å². The molecular weight excluding hydrogens is 386 g/mol. The van der Waals surface area contributed by atoms with Gasteiger partial charge in [0.05, 0.1) is 0 Å². The predicted octanol–water partition coefficient (Wildman–Crippen LogP) is 4.05. The normalized spacial score (nSPS) is 24.5. The number of hydrogen-bond donors (Lipinski definition) is 2. The smallest absolute Gasteiger partial charge is 0.258 e. The van der Waals surface area contributed by atoms with Gasteiger partial charge in [0.2, 0.25) is 0 Å². The fourth-order valence-electron chi connectivity index (χ4n) is 5.20. The average molecular weight is 418 g/mol. The zero-order valence-corrected chi connectivity index (χ0v) is 18.0. The Kier molecular flexibility index (Phi) is 5.22. The topological polar surface area (TPSA) is 55.8 Å². The molecule has 3 aliphatic rings. The summed E-state index contributed by atoms with van der Waals surface area (Å²) in [7, 11) is 0. The molecule has 3 fully saturated rings. The molecule has 5 heteroatoms. The van der Waals surface area contributed by atoms with Crippen molar-refractivity contribution in [2.75, 3.05) is 26.2 Å². The minimum atomic E-state index is -0.730. The molecule has 1 amide bonds. The van der Waals surface area contributed by atoms with Gasteiger partial charge in [0.15, 0.2) is 0 Å². The molecule has 1 saturated carbocycles. The number of phenols is 1. The van der Waals surface area contributed by atoms with Gasteiger partial charge in [-0.25, -0.2) is 0 Å². The SMILES string of the molecule is C=C1NC(c2cccc(-c3cccc(O)c3)c2)(C2CC2)C(=O)N1CCN1CCCCC1. The maximum absolute atomic E-state index is 13.8. The fourth-order valence-corrected chi connectivity index (χ4v) is 5.20. The summed E-state index contributed by atoms with van der Waals surface area (Å²) in [6.07, 6.45) is 5.90. The zero-order chi connectivity index (χ0) is 21.4. The third kappa shape index (κ3) is 3.72. The van der Waals surface area contributed by atoms with Crippen LogP contribution in [0, 0.1) is 5.92 Å². The molecule has 2 aromatic rings. The number of rotatable bonds is 6. The van der Waals surface area contributed by atoms with Crippen molar-refractivity contribution in [3.8, 4) is 16.9 Å². The second-order valence-electron chi connectivity index (χ2n) is 9.14. The molecule has 2 aromatic carbocycles. The van der Waals surface area contributed by atoms with Crippen molar-refractivity contribution < 1.29 is 9.90 Å². The van der Waals surface area contributed by atoms with Gasteiger partial charge in [-0.2, -0.15) is 0 Å². The first-order chi connectivity index (χ1) is 15.1. The second-order valence-corrected chi connectivity index (χ2v) is 9.14. The summed E-state index contributed by atoms with van der Waals surface area (Å²) in [5.74, 6) is 1.38. The zero-order valence-electron chi connectivity index (χ0n) is 18.0. The van der Waals surface area contributed by atoms with Gasteiger partial charge < -0.3 is 15.3 Å². The van der Waals surface area contributed by atoms with Crippen molar-refractivity contribution in [2.24, 2.45) is 5.92 Å². The van der Waals surface area contributed by atoms with E-state index >= 15 is 0 Å². The van der Waals surface area contributed by atoms with Crippen molar-refractivity contribution in [3.63, 3.8) is 0 Å². The van der Waals surface area contributed by atoms with Crippen molar-refractivity contribution >= 4 is 5.91 Å². The van der Waals surface area contributed by atoms with Crippen molar-refractivity contribution in [1.82, 2.24) is 15.1 Å². The molecule has 1 unspecified atom stereocenters. The molecule has 0 radical (unpaired) electrons. The average Bonchev–Trinajstić information content (AvgIpc) is 3.60. The molecule has 5 rings (SSSR count). The first-order valence-corrected chi connectivity index (χ1v) is 11.5. The first-order valence-electron chi connectivity index (χ1n) is 11.5. The molecule has 1 atom stereocenters. The van der Waals surface area contributed by atoms with E-state index in [1.165, 1.54) is 19.3 Å². The molecule has 2 heterocycles. The number of likely N-dealkylation sites (tertiary alicyclic amines) is 1. The number of carbonyl (C=O) groups is 1. The number of aromatic hydroxyl groups is 1. The van der Waals surface area contributed by atoms with Gasteiger partial charge in [0, 0.05) is 13.1 Å². The maximum atomic E-state index is 13.8. The standard InChI is InChI=1S/C26H31N3O2/c1-19-27-26(22-11-12-22,25(31)29(19)16-15-28-13-3-2-4-14-28)23-9-5-7-20(17-23)21-8-6-10-24(30)18-21/h5-10,17-18,22,27,30H,1-4,11-16H2. The van der Waals surface area contributed by atoms with E-state index in [0.717, 1.165) is 55.0 Å². The Morgan fingerprint density at radius 2 is 1.71 bits per heavy atom. The van der Waals surface area contributed by atoms with Gasteiger partial charge in [0.1, 0.15) is 17.1 Å². The lowest BCUT2D eigenvalue weighted by molar-refractivity contribution is -0.133. The molecule has 31 heavy (non-hydrogen) atoms. The van der Waals surface area contributed by atoms with Crippen LogP contribution in [0.5, 0.6) is 5.75 Å². The fraction of sp³-hybridized carbons (Fsp3) is 0.423. The van der Waals surface area contributed by atoms with E-state index < -0.39 is 5.54 Å². The van der Waals surface area contributed by atoms with Gasteiger partial charge in [-0.15, -0.1) is 0 Å². The van der Waals surface area contributed by atoms with Crippen molar-refractivity contribution in [1.29, 1.82) is 0 Å². The molecule has 162 valence electrons. The van der Waals surface area contributed by atoms with Crippen LogP contribution in [-0.2, 0) is 10.3 Å². The summed E-state index contributed by atoms with van der Waals surface area (Å²) in [5, 5.41) is 13.4. The first kappa shape index (κ1) is 20.1. The van der Waals surface area contributed by atoms with Crippen LogP contribution in [0.1, 0.15) is 37.7 Å². The van der Waals surface area contributed by atoms with E-state index in [0.29, 0.717) is 6.54 Å². The van der Waals surface area contributed by atoms with Crippen LogP contribution in [0.3, 0.4) is 0 Å². The Morgan fingerprint density at radius 3 is 2.42 bits per heavy atom. The molecule has 0 aromatic heterocycles. The van der Waals surface area contributed by atoms with Crippen molar-refractivity contribution in [2.45, 2.75) is 37.6 Å². The number of carbonyl (C=O) groups excluding carboxylic acids is 1. The van der Waals surface area contributed by atoms with Gasteiger partial charge >= 0.3 is 0 Å². The van der Waals surface area contributed by atoms with Crippen LogP contribution in [0.2, 0.25) is 0 Å². The minimum Gasteiger partial charge on any atom is -0.508 e. The summed E-state index contributed by atoms with van der Waals surface area (Å²) in [6.45, 7) is 8.05. The van der Waals surface area contributed by atoms with Crippen LogP contribution >= 0.6 is 0 Å². The van der Waals surface area contributed by atoms with Crippen LogP contribution in [-0.4, -0.2) is 47.0 Å². The van der Waals surface area contributed by atoms with Gasteiger partial charge in [-0.05, 0) is 79.6 Å². The number of nitrogens with one attached hydrogen (secondary N) is 1. The highest BCUT2D eigenvalue weighted by atomic mass is 16.3. The summed E-state index contributed by atoms with van der Waals surface area (Å²) >= 11 is 0. The second kappa shape index (κ2) is 8.04. The summed E-state index contributed by atoms with van der Waals surface area (Å²) in [5.41, 5.74) is 2.20. The maximum Gasteiger partial charge on any atom is 0.258 e. The number of benzene rings is 2. The number of piperidine rings is 1. The van der Waals surface area contributed by atoms with Gasteiger partial charge in [-0.1, -0.05) is 43.3 Å². The molecule has 1 aliphatic carbocycles. The molecule has 2 saturated heterocycles. The monoisotopic (exact) mass is 417 g/mol. The lowest BCUT2D eigenvalue weighted by Crippen LogP contribution is -2.46. The highest BCUT2D eigenvalue weighted by Crippen LogP contribution is 2.50. The number of phenolic OH excluding ortho intramolecular Hbond substituents is 1. The number of amides is 1. The van der Waals surface area contributed by atoms with E-state index in [9.17, 15) is 9.90 Å². The number of nitrogens with zero attached hydrogens (tertiary/aromatic N) is 2. The molecule has 2 aliphatic heterocycles. The molecule has 2 N–H and O–H groups in total. The van der Waals surface area contributed by atoms with E-state index in [1.807, 2.05) is 29.2 Å². The van der Waals surface area contributed by atoms with Crippen molar-refractivity contribution in [3.05, 3.63) is 66.5 Å². The Bertz CT molecular complexity index is 994. The van der Waals surface area contributed by atoms with Crippen LogP contribution in [0.15, 0.2) is 60.9 Å². The third-order valence-electron chi connectivity index (χ3n) is 7.03. The van der Waals surface area contributed by atoms with Crippen LogP contribution in [0.4, 0.5) is 0 Å². The van der Waals surface area contributed by atoms with E-state index in [4.69, 9.17) is 0 Å². The Morgan fingerprint density at radius 1 is 1.00 bits per heavy atom. The van der Waals surface area contributed by atoms with E-state index in [1.54, 1.807) is 12.1 Å². The van der Waals surface area contributed by atoms with Crippen LogP contribution < -0.4 is 5.32 Å². The molecular formula is C26H31N3O2. The summed E-state index contributed by atoms with van der Waals surface area (Å²) in [4.78, 5) is 18.2. The Labute approximate surface area is 184 Å². The van der Waals surface area contributed by atoms with Gasteiger partial charge in [0.25, 0.3) is 5.91 Å². The lowest BCUT2D eigenvalue weighted by Gasteiger charge is -2.30. The number of hydrogen-bond acceptors (Lipinski definition) is 4.